The summed E-state index contributed by atoms with van der Waals surface area (Å²) in [5.74, 6) is -0.0112. The van der Waals surface area contributed by atoms with E-state index in [1.807, 2.05) is 19.9 Å². The SMILES string of the molecule is CC(C)(CCO)NC(=O)c1cc2c(s1)CCC2. The average molecular weight is 253 g/mol. The lowest BCUT2D eigenvalue weighted by Gasteiger charge is -2.24. The van der Waals surface area contributed by atoms with Crippen LogP contribution in [0.3, 0.4) is 0 Å². The Kier molecular flexibility index (Phi) is 3.54. The molecule has 0 unspecified atom stereocenters. The largest absolute Gasteiger partial charge is 0.396 e. The number of nitrogens with one attached hydrogen (secondary N) is 1. The van der Waals surface area contributed by atoms with Crippen LogP contribution in [0.15, 0.2) is 6.07 Å². The van der Waals surface area contributed by atoms with Crippen LogP contribution in [0.5, 0.6) is 0 Å². The molecule has 94 valence electrons. The van der Waals surface area contributed by atoms with Crippen molar-refractivity contribution in [1.82, 2.24) is 5.32 Å². The molecule has 0 aliphatic heterocycles. The van der Waals surface area contributed by atoms with Gasteiger partial charge in [0, 0.05) is 17.0 Å². The van der Waals surface area contributed by atoms with E-state index in [0.29, 0.717) is 6.42 Å². The third-order valence-electron chi connectivity index (χ3n) is 3.16. The Morgan fingerprint density at radius 3 is 2.94 bits per heavy atom. The first-order valence-corrected chi connectivity index (χ1v) is 6.88. The minimum atomic E-state index is -0.347. The van der Waals surface area contributed by atoms with Crippen molar-refractivity contribution in [2.45, 2.75) is 45.1 Å². The molecule has 0 atom stereocenters. The number of fused-ring (bicyclic) bond motifs is 1. The monoisotopic (exact) mass is 253 g/mol. The zero-order valence-electron chi connectivity index (χ0n) is 10.4. The Hall–Kier alpha value is -0.870. The number of carbonyl (C=O) groups is 1. The van der Waals surface area contributed by atoms with Gasteiger partial charge in [-0.15, -0.1) is 11.3 Å². The molecule has 1 aliphatic rings. The van der Waals surface area contributed by atoms with E-state index < -0.39 is 0 Å². The van der Waals surface area contributed by atoms with Gasteiger partial charge in [0.15, 0.2) is 0 Å². The molecule has 17 heavy (non-hydrogen) atoms. The second-order valence-corrected chi connectivity index (χ2v) is 6.36. The van der Waals surface area contributed by atoms with Gasteiger partial charge in [-0.3, -0.25) is 4.79 Å². The van der Waals surface area contributed by atoms with Gasteiger partial charge in [-0.05, 0) is 51.2 Å². The van der Waals surface area contributed by atoms with Gasteiger partial charge in [-0.1, -0.05) is 0 Å². The first kappa shape index (κ1) is 12.6. The number of rotatable bonds is 4. The maximum absolute atomic E-state index is 12.1. The number of hydrogen-bond donors (Lipinski definition) is 2. The van der Waals surface area contributed by atoms with E-state index in [1.165, 1.54) is 16.9 Å². The predicted molar refractivity (Wildman–Crippen MR) is 69.6 cm³/mol. The minimum absolute atomic E-state index is 0.0112. The van der Waals surface area contributed by atoms with Crippen molar-refractivity contribution in [2.75, 3.05) is 6.61 Å². The third-order valence-corrected chi connectivity index (χ3v) is 4.39. The predicted octanol–water partition coefficient (Wildman–Crippen LogP) is 2.13. The molecule has 0 saturated carbocycles. The molecular formula is C13H19NO2S. The Bertz CT molecular complexity index is 402. The van der Waals surface area contributed by atoms with Gasteiger partial charge in [0.2, 0.25) is 0 Å². The van der Waals surface area contributed by atoms with Crippen LogP contribution in [0, 0.1) is 0 Å². The van der Waals surface area contributed by atoms with E-state index in [9.17, 15) is 4.79 Å². The van der Waals surface area contributed by atoms with E-state index in [1.54, 1.807) is 11.3 Å². The van der Waals surface area contributed by atoms with Gasteiger partial charge < -0.3 is 10.4 Å². The fourth-order valence-electron chi connectivity index (χ4n) is 2.15. The molecule has 1 heterocycles. The van der Waals surface area contributed by atoms with Crippen molar-refractivity contribution in [1.29, 1.82) is 0 Å². The number of aryl methyl sites for hydroxylation is 2. The fourth-order valence-corrected chi connectivity index (χ4v) is 3.30. The average Bonchev–Trinajstić information content (AvgIpc) is 2.74. The molecule has 0 saturated heterocycles. The highest BCUT2D eigenvalue weighted by Gasteiger charge is 2.23. The molecule has 3 nitrogen and oxygen atoms in total. The second kappa shape index (κ2) is 4.78. The van der Waals surface area contributed by atoms with Crippen molar-refractivity contribution in [3.8, 4) is 0 Å². The molecule has 0 fully saturated rings. The summed E-state index contributed by atoms with van der Waals surface area (Å²) in [6.07, 6.45) is 4.02. The Morgan fingerprint density at radius 1 is 1.53 bits per heavy atom. The van der Waals surface area contributed by atoms with Crippen molar-refractivity contribution in [3.63, 3.8) is 0 Å². The molecule has 0 bridgehead atoms. The van der Waals surface area contributed by atoms with Gasteiger partial charge in [0.05, 0.1) is 4.88 Å². The number of aliphatic hydroxyl groups is 1. The van der Waals surface area contributed by atoms with Gasteiger partial charge >= 0.3 is 0 Å². The van der Waals surface area contributed by atoms with Crippen LogP contribution in [0.1, 0.15) is 46.8 Å². The van der Waals surface area contributed by atoms with Crippen molar-refractivity contribution in [2.24, 2.45) is 0 Å². The van der Waals surface area contributed by atoms with E-state index in [4.69, 9.17) is 5.11 Å². The molecule has 0 radical (unpaired) electrons. The molecule has 2 rings (SSSR count). The van der Waals surface area contributed by atoms with E-state index >= 15 is 0 Å². The summed E-state index contributed by atoms with van der Waals surface area (Å²) < 4.78 is 0. The Morgan fingerprint density at radius 2 is 2.29 bits per heavy atom. The Labute approximate surface area is 106 Å². The van der Waals surface area contributed by atoms with Crippen LogP contribution in [-0.2, 0) is 12.8 Å². The number of hydrogen-bond acceptors (Lipinski definition) is 3. The fraction of sp³-hybridized carbons (Fsp3) is 0.615. The summed E-state index contributed by atoms with van der Waals surface area (Å²) in [7, 11) is 0. The summed E-state index contributed by atoms with van der Waals surface area (Å²) in [4.78, 5) is 14.2. The van der Waals surface area contributed by atoms with Crippen LogP contribution >= 0.6 is 11.3 Å². The zero-order valence-corrected chi connectivity index (χ0v) is 11.2. The smallest absolute Gasteiger partial charge is 0.261 e. The molecule has 1 amide bonds. The number of thiophene rings is 1. The summed E-state index contributed by atoms with van der Waals surface area (Å²) in [5.41, 5.74) is 1.00. The van der Waals surface area contributed by atoms with Crippen LogP contribution in [0.2, 0.25) is 0 Å². The third kappa shape index (κ3) is 2.87. The highest BCUT2D eigenvalue weighted by molar-refractivity contribution is 7.14. The summed E-state index contributed by atoms with van der Waals surface area (Å²) >= 11 is 1.61. The number of amides is 1. The van der Waals surface area contributed by atoms with Gasteiger partial charge in [-0.2, -0.15) is 0 Å². The van der Waals surface area contributed by atoms with Crippen molar-refractivity contribution >= 4 is 17.2 Å². The minimum Gasteiger partial charge on any atom is -0.396 e. The van der Waals surface area contributed by atoms with Gasteiger partial charge in [0.25, 0.3) is 5.91 Å². The molecule has 1 aromatic rings. The molecule has 1 aromatic heterocycles. The first-order valence-electron chi connectivity index (χ1n) is 6.07. The zero-order chi connectivity index (χ0) is 12.5. The quantitative estimate of drug-likeness (QED) is 0.863. The topological polar surface area (TPSA) is 49.3 Å². The molecule has 2 N–H and O–H groups in total. The molecule has 0 spiro atoms. The van der Waals surface area contributed by atoms with Crippen LogP contribution in [-0.4, -0.2) is 23.2 Å². The van der Waals surface area contributed by atoms with E-state index in [-0.39, 0.29) is 18.1 Å². The maximum Gasteiger partial charge on any atom is 0.261 e. The van der Waals surface area contributed by atoms with Crippen molar-refractivity contribution < 1.29 is 9.90 Å². The summed E-state index contributed by atoms with van der Waals surface area (Å²) in [5, 5.41) is 11.9. The highest BCUT2D eigenvalue weighted by atomic mass is 32.1. The summed E-state index contributed by atoms with van der Waals surface area (Å²) in [6, 6.07) is 2.03. The molecule has 1 aliphatic carbocycles. The normalized spacial score (nSPS) is 14.8. The van der Waals surface area contributed by atoms with Crippen LogP contribution in [0.4, 0.5) is 0 Å². The standard InChI is InChI=1S/C13H19NO2S/c1-13(2,6-7-15)14-12(16)11-8-9-4-3-5-10(9)17-11/h8,15H,3-7H2,1-2H3,(H,14,16). The van der Waals surface area contributed by atoms with Gasteiger partial charge in [-0.25, -0.2) is 0 Å². The highest BCUT2D eigenvalue weighted by Crippen LogP contribution is 2.30. The maximum atomic E-state index is 12.1. The van der Waals surface area contributed by atoms with Gasteiger partial charge in [0.1, 0.15) is 0 Å². The molecule has 0 aromatic carbocycles. The molecular weight excluding hydrogens is 234 g/mol. The van der Waals surface area contributed by atoms with Crippen molar-refractivity contribution in [3.05, 3.63) is 21.4 Å². The molecule has 4 heteroatoms. The lowest BCUT2D eigenvalue weighted by molar-refractivity contribution is 0.0903. The Balaban J connectivity index is 2.04. The van der Waals surface area contributed by atoms with E-state index in [0.717, 1.165) is 17.7 Å². The lowest BCUT2D eigenvalue weighted by Crippen LogP contribution is -2.43. The van der Waals surface area contributed by atoms with Crippen LogP contribution in [0.25, 0.3) is 0 Å². The second-order valence-electron chi connectivity index (χ2n) is 5.22. The number of carbonyl (C=O) groups excluding carboxylic acids is 1. The number of aliphatic hydroxyl groups excluding tert-OH is 1. The first-order chi connectivity index (χ1) is 8.02. The van der Waals surface area contributed by atoms with E-state index in [2.05, 4.69) is 5.32 Å². The lowest BCUT2D eigenvalue weighted by atomic mass is 10.0. The van der Waals surface area contributed by atoms with Crippen LogP contribution < -0.4 is 5.32 Å². The summed E-state index contributed by atoms with van der Waals surface area (Å²) in [6.45, 7) is 3.96.